The van der Waals surface area contributed by atoms with E-state index in [2.05, 4.69) is 60.7 Å². The monoisotopic (exact) mass is 752 g/mol. The van der Waals surface area contributed by atoms with Crippen LogP contribution >= 0.6 is 0 Å². The van der Waals surface area contributed by atoms with E-state index in [1.165, 1.54) is 4.90 Å². The zero-order valence-corrected chi connectivity index (χ0v) is 30.5. The Labute approximate surface area is 308 Å². The highest BCUT2D eigenvalue weighted by Gasteiger charge is 2.32. The first-order chi connectivity index (χ1) is 25.4. The first-order valence-corrected chi connectivity index (χ1v) is 18.9. The number of fused-ring (bicyclic) bond motifs is 1. The van der Waals surface area contributed by atoms with Crippen molar-refractivity contribution in [1.82, 2.24) is 34.3 Å². The van der Waals surface area contributed by atoms with Gasteiger partial charge in [0.25, 0.3) is 0 Å². The normalized spacial score (nSPS) is 18.9. The number of alkyl halides is 3. The Morgan fingerprint density at radius 2 is 1.72 bits per heavy atom. The molecular weight excluding hydrogens is 710 g/mol. The van der Waals surface area contributed by atoms with E-state index in [0.29, 0.717) is 44.2 Å². The van der Waals surface area contributed by atoms with E-state index in [-0.39, 0.29) is 24.3 Å². The predicted octanol–water partition coefficient (Wildman–Crippen LogP) is 4.78. The van der Waals surface area contributed by atoms with Gasteiger partial charge in [-0.2, -0.15) is 18.3 Å². The molecule has 4 aromatic rings. The number of nitrogens with zero attached hydrogens (tertiary/aromatic N) is 8. The van der Waals surface area contributed by atoms with Gasteiger partial charge in [-0.1, -0.05) is 12.1 Å². The summed E-state index contributed by atoms with van der Waals surface area (Å²) >= 11 is 0. The molecule has 17 heteroatoms. The average molecular weight is 753 g/mol. The molecule has 0 radical (unpaired) electrons. The molecule has 282 valence electrons. The minimum atomic E-state index is -4.48. The van der Waals surface area contributed by atoms with Crippen LogP contribution < -0.4 is 20.4 Å². The largest absolute Gasteiger partial charge is 0.419 e. The number of urea groups is 1. The van der Waals surface area contributed by atoms with Crippen LogP contribution in [-0.2, 0) is 35.5 Å². The van der Waals surface area contributed by atoms with Crippen LogP contribution in [0.2, 0.25) is 0 Å². The Balaban J connectivity index is 0.875. The van der Waals surface area contributed by atoms with E-state index < -0.39 is 28.8 Å². The van der Waals surface area contributed by atoms with Gasteiger partial charge in [-0.05, 0) is 74.5 Å². The number of aromatic nitrogens is 4. The summed E-state index contributed by atoms with van der Waals surface area (Å²) in [7, 11) is 2.67. The fraction of sp³-hybridized carbons (Fsp3) is 0.472. The number of aryl methyl sites for hydroxylation is 1. The van der Waals surface area contributed by atoms with Crippen molar-refractivity contribution in [1.29, 1.82) is 0 Å². The van der Waals surface area contributed by atoms with E-state index in [1.54, 1.807) is 4.68 Å². The summed E-state index contributed by atoms with van der Waals surface area (Å²) in [5.74, 6) is 0.989. The minimum absolute atomic E-state index is 0.0185. The first-order valence-electron chi connectivity index (χ1n) is 17.8. The number of rotatable bonds is 10. The number of carbonyl (C=O) groups is 2. The molecular formula is C36H43F3N10O3S. The lowest BCUT2D eigenvalue weighted by atomic mass is 9.95. The van der Waals surface area contributed by atoms with Gasteiger partial charge in [-0.15, -0.1) is 0 Å². The van der Waals surface area contributed by atoms with Crippen molar-refractivity contribution in [2.45, 2.75) is 55.8 Å². The van der Waals surface area contributed by atoms with E-state index in [4.69, 9.17) is 0 Å². The van der Waals surface area contributed by atoms with Crippen molar-refractivity contribution in [3.05, 3.63) is 66.0 Å². The van der Waals surface area contributed by atoms with Gasteiger partial charge in [0.15, 0.2) is 5.82 Å². The average Bonchev–Trinajstić information content (AvgIpc) is 3.46. The number of halogens is 3. The third-order valence-electron chi connectivity index (χ3n) is 10.2. The Kier molecular flexibility index (Phi) is 10.7. The second kappa shape index (κ2) is 15.4. The highest BCUT2D eigenvalue weighted by molar-refractivity contribution is 7.82. The van der Waals surface area contributed by atoms with Crippen molar-refractivity contribution >= 4 is 51.3 Å². The number of benzene rings is 2. The summed E-state index contributed by atoms with van der Waals surface area (Å²) in [6.45, 7) is 5.02. The molecule has 2 aromatic heterocycles. The molecule has 13 nitrogen and oxygen atoms in total. The Bertz CT molecular complexity index is 1980. The van der Waals surface area contributed by atoms with Gasteiger partial charge in [0.05, 0.1) is 16.0 Å². The number of piperidine rings is 2. The molecule has 2 N–H and O–H groups in total. The zero-order chi connectivity index (χ0) is 37.3. The zero-order valence-electron chi connectivity index (χ0n) is 29.7. The van der Waals surface area contributed by atoms with Crippen molar-refractivity contribution in [2.24, 2.45) is 13.0 Å². The molecule has 3 amide bonds. The smallest absolute Gasteiger partial charge is 0.371 e. The van der Waals surface area contributed by atoms with Gasteiger partial charge in [-0.3, -0.25) is 19.7 Å². The summed E-state index contributed by atoms with van der Waals surface area (Å²) in [5, 5.41) is 11.0. The van der Waals surface area contributed by atoms with Gasteiger partial charge in [0.1, 0.15) is 11.0 Å². The number of carbonyl (C=O) groups excluding carboxylic acids is 2. The van der Waals surface area contributed by atoms with Crippen LogP contribution in [0, 0.1) is 5.92 Å². The SMILES string of the molecule is CN(Cc1cccc(S(=O)N2CCC(Nc3ncc(C(F)(F)F)cn3)CC2)c1)CC1CCN(c2ccc3c(N4CCC(=O)NC4=O)nn(C)c3c2)CC1. The summed E-state index contributed by atoms with van der Waals surface area (Å²) < 4.78 is 55.7. The third-order valence-corrected chi connectivity index (χ3v) is 11.7. The van der Waals surface area contributed by atoms with Crippen molar-refractivity contribution in [2.75, 3.05) is 61.4 Å². The van der Waals surface area contributed by atoms with Crippen LogP contribution in [0.5, 0.6) is 0 Å². The molecule has 0 saturated carbocycles. The second-order valence-electron chi connectivity index (χ2n) is 14.1. The summed E-state index contributed by atoms with van der Waals surface area (Å²) in [6.07, 6.45) is 0.771. The molecule has 1 atom stereocenters. The summed E-state index contributed by atoms with van der Waals surface area (Å²) in [5.41, 5.74) is 2.27. The molecule has 3 saturated heterocycles. The Morgan fingerprint density at radius 1 is 0.981 bits per heavy atom. The standard InChI is InChI=1S/C36H43F3N10O3S/c1-45(22-24-8-13-47(14-9-24)28-6-7-30-31(19-28)46(2)44-33(30)49-17-12-32(50)43-35(49)51)23-25-4-3-5-29(18-25)53(52)48-15-10-27(11-16-48)42-34-40-20-26(21-41-34)36(37,38)39/h3-7,18-21,24,27H,8-17,22-23H2,1-2H3,(H,40,41,42)(H,43,50,51). The van der Waals surface area contributed by atoms with Gasteiger partial charge in [0.2, 0.25) is 11.9 Å². The number of hydrogen-bond acceptors (Lipinski definition) is 9. The third kappa shape index (κ3) is 8.47. The lowest BCUT2D eigenvalue weighted by molar-refractivity contribution is -0.138. The fourth-order valence-corrected chi connectivity index (χ4v) is 8.67. The number of nitrogens with one attached hydrogen (secondary N) is 2. The quantitative estimate of drug-likeness (QED) is 0.235. The van der Waals surface area contributed by atoms with Crippen LogP contribution in [0.3, 0.4) is 0 Å². The minimum Gasteiger partial charge on any atom is -0.371 e. The van der Waals surface area contributed by atoms with Crippen LogP contribution in [0.4, 0.5) is 35.4 Å². The number of amides is 3. The highest BCUT2D eigenvalue weighted by Crippen LogP contribution is 2.33. The molecule has 0 bridgehead atoms. The van der Waals surface area contributed by atoms with E-state index in [1.807, 2.05) is 35.6 Å². The second-order valence-corrected chi connectivity index (χ2v) is 15.6. The topological polar surface area (TPSA) is 132 Å². The molecule has 3 aliphatic heterocycles. The van der Waals surface area contributed by atoms with Crippen LogP contribution in [0.25, 0.3) is 10.9 Å². The first kappa shape index (κ1) is 36.7. The predicted molar refractivity (Wildman–Crippen MR) is 196 cm³/mol. The number of hydrogen-bond donors (Lipinski definition) is 2. The Hall–Kier alpha value is -4.61. The maximum atomic E-state index is 13.5. The van der Waals surface area contributed by atoms with Crippen molar-refractivity contribution in [3.8, 4) is 0 Å². The number of anilines is 3. The molecule has 53 heavy (non-hydrogen) atoms. The summed E-state index contributed by atoms with van der Waals surface area (Å²) in [6, 6.07) is 13.7. The molecule has 3 aliphatic rings. The molecule has 1 unspecified atom stereocenters. The van der Waals surface area contributed by atoms with Crippen molar-refractivity contribution < 1.29 is 27.0 Å². The van der Waals surface area contributed by atoms with Crippen molar-refractivity contribution in [3.63, 3.8) is 0 Å². The highest BCUT2D eigenvalue weighted by atomic mass is 32.2. The molecule has 0 spiro atoms. The lowest BCUT2D eigenvalue weighted by Crippen LogP contribution is -2.49. The molecule has 2 aromatic carbocycles. The Morgan fingerprint density at radius 3 is 2.42 bits per heavy atom. The van der Waals surface area contributed by atoms with E-state index in [9.17, 15) is 27.0 Å². The van der Waals surface area contributed by atoms with Crippen LogP contribution in [0.1, 0.15) is 43.2 Å². The molecule has 5 heterocycles. The molecule has 0 aliphatic carbocycles. The fourth-order valence-electron chi connectivity index (χ4n) is 7.38. The van der Waals surface area contributed by atoms with Gasteiger partial charge in [0, 0.05) is 88.8 Å². The molecule has 3 fully saturated rings. The number of imide groups is 1. The maximum absolute atomic E-state index is 13.5. The van der Waals surface area contributed by atoms with Gasteiger partial charge < -0.3 is 15.1 Å². The lowest BCUT2D eigenvalue weighted by Gasteiger charge is -2.35. The van der Waals surface area contributed by atoms with Gasteiger partial charge in [-0.25, -0.2) is 23.3 Å². The maximum Gasteiger partial charge on any atom is 0.419 e. The summed E-state index contributed by atoms with van der Waals surface area (Å²) in [4.78, 5) is 38.7. The van der Waals surface area contributed by atoms with E-state index >= 15 is 0 Å². The van der Waals surface area contributed by atoms with Gasteiger partial charge >= 0.3 is 12.2 Å². The van der Waals surface area contributed by atoms with E-state index in [0.717, 1.165) is 78.5 Å². The van der Waals surface area contributed by atoms with Crippen LogP contribution in [-0.4, -0.2) is 97.5 Å². The molecule has 7 rings (SSSR count). The van der Waals surface area contributed by atoms with Crippen LogP contribution in [0.15, 0.2) is 59.8 Å².